The van der Waals surface area contributed by atoms with E-state index in [1.165, 1.54) is 0 Å². The third-order valence-electron chi connectivity index (χ3n) is 2.31. The highest BCUT2D eigenvalue weighted by atomic mass is 16.5. The molecule has 16 heavy (non-hydrogen) atoms. The van der Waals surface area contributed by atoms with E-state index in [9.17, 15) is 5.21 Å². The van der Waals surface area contributed by atoms with E-state index in [1.54, 1.807) is 0 Å². The van der Waals surface area contributed by atoms with Gasteiger partial charge in [0.05, 0.1) is 6.61 Å². The Balaban J connectivity index is 2.97. The Morgan fingerprint density at radius 1 is 1.25 bits per heavy atom. The van der Waals surface area contributed by atoms with Crippen LogP contribution in [0.15, 0.2) is 24.3 Å². The van der Waals surface area contributed by atoms with Gasteiger partial charge in [0.2, 0.25) is 0 Å². The van der Waals surface area contributed by atoms with Gasteiger partial charge in [0.1, 0.15) is 5.75 Å². The van der Waals surface area contributed by atoms with Gasteiger partial charge in [-0.1, -0.05) is 20.8 Å². The summed E-state index contributed by atoms with van der Waals surface area (Å²) in [4.78, 5) is 0. The Labute approximate surface area is 96.7 Å². The molecule has 0 saturated heterocycles. The second-order valence-corrected chi connectivity index (χ2v) is 4.68. The maximum atomic E-state index is 11.0. The van der Waals surface area contributed by atoms with E-state index in [2.05, 4.69) is 0 Å². The molecule has 1 aromatic rings. The Morgan fingerprint density at radius 3 is 2.19 bits per heavy atom. The number of nitrogens with one attached hydrogen (secondary N) is 1. The van der Waals surface area contributed by atoms with Crippen molar-refractivity contribution in [1.29, 1.82) is 0 Å². The van der Waals surface area contributed by atoms with Crippen molar-refractivity contribution >= 4 is 5.71 Å². The topological polar surface area (TPSA) is 46.3 Å². The minimum absolute atomic E-state index is 0.186. The van der Waals surface area contributed by atoms with Crippen LogP contribution >= 0.6 is 0 Å². The monoisotopic (exact) mass is 221 g/mol. The molecule has 0 aliphatic heterocycles. The van der Waals surface area contributed by atoms with Crippen molar-refractivity contribution in [2.75, 3.05) is 6.61 Å². The van der Waals surface area contributed by atoms with Crippen LogP contribution < -0.4 is 9.89 Å². The summed E-state index contributed by atoms with van der Waals surface area (Å²) in [5.74, 6) is 0.824. The zero-order chi connectivity index (χ0) is 12.2. The molecule has 88 valence electrons. The lowest BCUT2D eigenvalue weighted by Gasteiger charge is -2.17. The maximum Gasteiger partial charge on any atom is 0.197 e. The van der Waals surface area contributed by atoms with Crippen LogP contribution in [0.5, 0.6) is 5.75 Å². The lowest BCUT2D eigenvalue weighted by molar-refractivity contribution is -0.377. The van der Waals surface area contributed by atoms with E-state index in [1.807, 2.05) is 57.1 Å². The third kappa shape index (κ3) is 2.99. The van der Waals surface area contributed by atoms with Crippen LogP contribution in [0.2, 0.25) is 0 Å². The highest BCUT2D eigenvalue weighted by Crippen LogP contribution is 2.20. The highest BCUT2D eigenvalue weighted by molar-refractivity contribution is 6.00. The maximum absolute atomic E-state index is 11.0. The van der Waals surface area contributed by atoms with E-state index in [4.69, 9.17) is 4.74 Å². The van der Waals surface area contributed by atoms with Crippen molar-refractivity contribution in [2.24, 2.45) is 5.41 Å². The van der Waals surface area contributed by atoms with Gasteiger partial charge in [0, 0.05) is 11.0 Å². The summed E-state index contributed by atoms with van der Waals surface area (Å²) >= 11 is 0. The number of hydrogen-bond donors (Lipinski definition) is 1. The smallest absolute Gasteiger partial charge is 0.197 e. The first kappa shape index (κ1) is 12.6. The molecule has 3 heteroatoms. The lowest BCUT2D eigenvalue weighted by atomic mass is 9.86. The fraction of sp³-hybridized carbons (Fsp3) is 0.462. The van der Waals surface area contributed by atoms with Crippen LogP contribution in [-0.4, -0.2) is 12.3 Å². The predicted molar refractivity (Wildman–Crippen MR) is 65.5 cm³/mol. The minimum Gasteiger partial charge on any atom is -0.625 e. The standard InChI is InChI=1S/C13H19NO2/c1-5-16-11-8-6-10(7-9-11)12(14-15)13(2,3)4/h6-9,14H,5H2,1-4H3. The molecule has 0 unspecified atom stereocenters. The van der Waals surface area contributed by atoms with Gasteiger partial charge in [-0.05, 0) is 31.2 Å². The van der Waals surface area contributed by atoms with Crippen molar-refractivity contribution in [3.05, 3.63) is 35.0 Å². The van der Waals surface area contributed by atoms with Crippen molar-refractivity contribution in [2.45, 2.75) is 27.7 Å². The van der Waals surface area contributed by atoms with Gasteiger partial charge in [-0.2, -0.15) is 0 Å². The third-order valence-corrected chi connectivity index (χ3v) is 2.31. The molecule has 1 aromatic carbocycles. The van der Waals surface area contributed by atoms with Crippen LogP contribution in [0.25, 0.3) is 0 Å². The van der Waals surface area contributed by atoms with Crippen LogP contribution in [0, 0.1) is 10.6 Å². The molecule has 0 heterocycles. The Hall–Kier alpha value is -1.51. The number of benzene rings is 1. The van der Waals surface area contributed by atoms with Crippen molar-refractivity contribution < 1.29 is 9.89 Å². The van der Waals surface area contributed by atoms with Crippen LogP contribution in [0.1, 0.15) is 33.3 Å². The SMILES string of the molecule is CCOc1ccc(C(=[NH+][O-])C(C)(C)C)cc1. The number of hydrogen-bond acceptors (Lipinski definition) is 2. The quantitative estimate of drug-likeness (QED) is 0.477. The zero-order valence-electron chi connectivity index (χ0n) is 10.3. The summed E-state index contributed by atoms with van der Waals surface area (Å²) in [5.41, 5.74) is 1.41. The first-order chi connectivity index (χ1) is 7.49. The van der Waals surface area contributed by atoms with Crippen molar-refractivity contribution in [1.82, 2.24) is 0 Å². The van der Waals surface area contributed by atoms with Crippen LogP contribution in [-0.2, 0) is 0 Å². The molecule has 0 atom stereocenters. The fourth-order valence-electron chi connectivity index (χ4n) is 1.53. The van der Waals surface area contributed by atoms with Crippen LogP contribution in [0.4, 0.5) is 0 Å². The first-order valence-electron chi connectivity index (χ1n) is 5.48. The predicted octanol–water partition coefficient (Wildman–Crippen LogP) is 1.50. The van der Waals surface area contributed by atoms with Crippen molar-refractivity contribution in [3.8, 4) is 5.75 Å². The average Bonchev–Trinajstić information content (AvgIpc) is 2.20. The molecular formula is C13H19NO2. The molecule has 1 N–H and O–H groups in total. The second kappa shape index (κ2) is 5.01. The summed E-state index contributed by atoms with van der Waals surface area (Å²) in [6.45, 7) is 8.60. The summed E-state index contributed by atoms with van der Waals surface area (Å²) in [5, 5.41) is 13.0. The summed E-state index contributed by atoms with van der Waals surface area (Å²) in [6.07, 6.45) is 0. The molecule has 0 aliphatic carbocycles. The molecule has 0 amide bonds. The Kier molecular flexibility index (Phi) is 3.93. The summed E-state index contributed by atoms with van der Waals surface area (Å²) in [7, 11) is 0. The van der Waals surface area contributed by atoms with Gasteiger partial charge in [-0.25, -0.2) is 5.16 Å². The van der Waals surface area contributed by atoms with Gasteiger partial charge in [0.25, 0.3) is 0 Å². The number of rotatable bonds is 3. The molecule has 0 aromatic heterocycles. The van der Waals surface area contributed by atoms with Gasteiger partial charge < -0.3 is 9.94 Å². The fourth-order valence-corrected chi connectivity index (χ4v) is 1.53. The highest BCUT2D eigenvalue weighted by Gasteiger charge is 2.25. The molecule has 0 fully saturated rings. The minimum atomic E-state index is -0.186. The second-order valence-electron chi connectivity index (χ2n) is 4.68. The molecule has 0 radical (unpaired) electrons. The largest absolute Gasteiger partial charge is 0.625 e. The molecule has 0 bridgehead atoms. The number of ether oxygens (including phenoxy) is 1. The molecule has 1 rings (SSSR count). The lowest BCUT2D eigenvalue weighted by Crippen LogP contribution is -2.69. The Morgan fingerprint density at radius 2 is 1.81 bits per heavy atom. The molecule has 0 aliphatic rings. The molecule has 0 saturated carbocycles. The van der Waals surface area contributed by atoms with Gasteiger partial charge in [0.15, 0.2) is 5.71 Å². The summed E-state index contributed by atoms with van der Waals surface area (Å²) < 4.78 is 5.35. The molecule has 0 spiro atoms. The summed E-state index contributed by atoms with van der Waals surface area (Å²) in [6, 6.07) is 7.55. The Bertz CT molecular complexity index is 361. The van der Waals surface area contributed by atoms with E-state index in [-0.39, 0.29) is 5.41 Å². The van der Waals surface area contributed by atoms with Gasteiger partial charge in [-0.3, -0.25) is 0 Å². The van der Waals surface area contributed by atoms with E-state index >= 15 is 0 Å². The molecular weight excluding hydrogens is 202 g/mol. The van der Waals surface area contributed by atoms with Gasteiger partial charge in [-0.15, -0.1) is 0 Å². The molecule has 3 nitrogen and oxygen atoms in total. The zero-order valence-corrected chi connectivity index (χ0v) is 10.3. The van der Waals surface area contributed by atoms with E-state index < -0.39 is 0 Å². The normalized spacial score (nSPS) is 12.6. The van der Waals surface area contributed by atoms with Crippen molar-refractivity contribution in [3.63, 3.8) is 0 Å². The average molecular weight is 221 g/mol. The van der Waals surface area contributed by atoms with Crippen LogP contribution in [0.3, 0.4) is 0 Å². The van der Waals surface area contributed by atoms with E-state index in [0.717, 1.165) is 11.3 Å². The first-order valence-corrected chi connectivity index (χ1v) is 5.48. The van der Waals surface area contributed by atoms with E-state index in [0.29, 0.717) is 12.3 Å². The van der Waals surface area contributed by atoms with Gasteiger partial charge >= 0.3 is 0 Å².